The van der Waals surface area contributed by atoms with Gasteiger partial charge in [0.15, 0.2) is 0 Å². The standard InChI is InChI=1S/C11H12N4O/c1-8-6-14-10(7-13-8)11(16)15-4-2-3-9(15)5-12/h6-7,9H,2-4H2,1H3. The molecular weight excluding hydrogens is 204 g/mol. The minimum atomic E-state index is -0.310. The van der Waals surface area contributed by atoms with Gasteiger partial charge < -0.3 is 4.90 Å². The van der Waals surface area contributed by atoms with Gasteiger partial charge >= 0.3 is 0 Å². The van der Waals surface area contributed by atoms with Crippen molar-refractivity contribution in [1.82, 2.24) is 14.9 Å². The van der Waals surface area contributed by atoms with Crippen molar-refractivity contribution < 1.29 is 4.79 Å². The summed E-state index contributed by atoms with van der Waals surface area (Å²) in [5.74, 6) is -0.198. The quantitative estimate of drug-likeness (QED) is 0.699. The first-order valence-electron chi connectivity index (χ1n) is 5.21. The largest absolute Gasteiger partial charge is 0.321 e. The lowest BCUT2D eigenvalue weighted by molar-refractivity contribution is 0.0758. The molecule has 1 fully saturated rings. The minimum absolute atomic E-state index is 0.198. The maximum Gasteiger partial charge on any atom is 0.275 e. The molecule has 1 atom stereocenters. The molecule has 5 heteroatoms. The van der Waals surface area contributed by atoms with Crippen molar-refractivity contribution in [3.63, 3.8) is 0 Å². The molecule has 2 heterocycles. The van der Waals surface area contributed by atoms with E-state index in [0.717, 1.165) is 18.5 Å². The van der Waals surface area contributed by atoms with E-state index in [1.807, 2.05) is 6.92 Å². The van der Waals surface area contributed by atoms with Crippen LogP contribution in [-0.4, -0.2) is 33.4 Å². The molecule has 1 aromatic heterocycles. The second kappa shape index (κ2) is 4.27. The van der Waals surface area contributed by atoms with Gasteiger partial charge in [-0.3, -0.25) is 9.78 Å². The summed E-state index contributed by atoms with van der Waals surface area (Å²) < 4.78 is 0. The van der Waals surface area contributed by atoms with Crippen LogP contribution in [0.3, 0.4) is 0 Å². The maximum atomic E-state index is 12.0. The first-order chi connectivity index (χ1) is 7.72. The molecule has 2 rings (SSSR count). The summed E-state index contributed by atoms with van der Waals surface area (Å²) in [5.41, 5.74) is 1.09. The molecule has 0 aliphatic carbocycles. The Morgan fingerprint density at radius 3 is 3.00 bits per heavy atom. The van der Waals surface area contributed by atoms with E-state index in [0.29, 0.717) is 12.2 Å². The second-order valence-electron chi connectivity index (χ2n) is 3.83. The SMILES string of the molecule is Cc1cnc(C(=O)N2CCCC2C#N)cn1. The summed E-state index contributed by atoms with van der Waals surface area (Å²) in [6.45, 7) is 2.45. The van der Waals surface area contributed by atoms with Gasteiger partial charge in [-0.2, -0.15) is 5.26 Å². The van der Waals surface area contributed by atoms with E-state index in [1.165, 1.54) is 6.20 Å². The number of carbonyl (C=O) groups excluding carboxylic acids is 1. The van der Waals surface area contributed by atoms with Crippen molar-refractivity contribution >= 4 is 5.91 Å². The van der Waals surface area contributed by atoms with Crippen LogP contribution in [0, 0.1) is 18.3 Å². The number of aryl methyl sites for hydroxylation is 1. The van der Waals surface area contributed by atoms with Gasteiger partial charge in [0.2, 0.25) is 0 Å². The highest BCUT2D eigenvalue weighted by atomic mass is 16.2. The fraction of sp³-hybridized carbons (Fsp3) is 0.455. The third-order valence-electron chi connectivity index (χ3n) is 2.66. The monoisotopic (exact) mass is 216 g/mol. The zero-order valence-corrected chi connectivity index (χ0v) is 9.05. The van der Waals surface area contributed by atoms with E-state index in [2.05, 4.69) is 16.0 Å². The van der Waals surface area contributed by atoms with Gasteiger partial charge in [-0.1, -0.05) is 0 Å². The summed E-state index contributed by atoms with van der Waals surface area (Å²) in [6.07, 6.45) is 4.65. The number of nitriles is 1. The average molecular weight is 216 g/mol. The topological polar surface area (TPSA) is 69.9 Å². The molecule has 1 aliphatic rings. The molecular formula is C11H12N4O. The van der Waals surface area contributed by atoms with Gasteiger partial charge in [-0.25, -0.2) is 4.98 Å². The summed E-state index contributed by atoms with van der Waals surface area (Å²) in [5, 5.41) is 8.90. The van der Waals surface area contributed by atoms with Crippen molar-refractivity contribution in [3.05, 3.63) is 23.8 Å². The maximum absolute atomic E-state index is 12.0. The molecule has 1 unspecified atom stereocenters. The van der Waals surface area contributed by atoms with E-state index >= 15 is 0 Å². The van der Waals surface area contributed by atoms with Crippen LogP contribution in [0.2, 0.25) is 0 Å². The summed E-state index contributed by atoms with van der Waals surface area (Å²) in [7, 11) is 0. The minimum Gasteiger partial charge on any atom is -0.321 e. The Kier molecular flexibility index (Phi) is 2.82. The summed E-state index contributed by atoms with van der Waals surface area (Å²) in [6, 6.07) is 1.82. The van der Waals surface area contributed by atoms with E-state index in [9.17, 15) is 4.79 Å². The van der Waals surface area contributed by atoms with Crippen LogP contribution in [0.4, 0.5) is 0 Å². The van der Waals surface area contributed by atoms with Gasteiger partial charge in [0.1, 0.15) is 11.7 Å². The molecule has 82 valence electrons. The van der Waals surface area contributed by atoms with Crippen LogP contribution < -0.4 is 0 Å². The molecule has 0 saturated carbocycles. The van der Waals surface area contributed by atoms with Gasteiger partial charge in [-0.15, -0.1) is 0 Å². The molecule has 0 radical (unpaired) electrons. The van der Waals surface area contributed by atoms with Gasteiger partial charge in [-0.05, 0) is 19.8 Å². The summed E-state index contributed by atoms with van der Waals surface area (Å²) >= 11 is 0. The van der Waals surface area contributed by atoms with Gasteiger partial charge in [0.05, 0.1) is 18.0 Å². The molecule has 1 aromatic rings. The smallest absolute Gasteiger partial charge is 0.275 e. The van der Waals surface area contributed by atoms with Crippen molar-refractivity contribution in [2.24, 2.45) is 0 Å². The lowest BCUT2D eigenvalue weighted by Crippen LogP contribution is -2.35. The normalized spacial score (nSPS) is 19.5. The fourth-order valence-electron chi connectivity index (χ4n) is 1.79. The van der Waals surface area contributed by atoms with E-state index in [1.54, 1.807) is 11.1 Å². The Bertz CT molecular complexity index is 434. The lowest BCUT2D eigenvalue weighted by atomic mass is 10.2. The number of amides is 1. The number of aromatic nitrogens is 2. The first kappa shape index (κ1) is 10.6. The van der Waals surface area contributed by atoms with Crippen LogP contribution >= 0.6 is 0 Å². The van der Waals surface area contributed by atoms with Gasteiger partial charge in [0.25, 0.3) is 5.91 Å². The van der Waals surface area contributed by atoms with Crippen LogP contribution in [0.25, 0.3) is 0 Å². The zero-order chi connectivity index (χ0) is 11.5. The van der Waals surface area contributed by atoms with E-state index in [4.69, 9.17) is 5.26 Å². The first-order valence-corrected chi connectivity index (χ1v) is 5.21. The molecule has 0 spiro atoms. The second-order valence-corrected chi connectivity index (χ2v) is 3.83. The number of hydrogen-bond donors (Lipinski definition) is 0. The van der Waals surface area contributed by atoms with Crippen molar-refractivity contribution in [2.75, 3.05) is 6.54 Å². The van der Waals surface area contributed by atoms with Crippen LogP contribution in [0.5, 0.6) is 0 Å². The Morgan fingerprint density at radius 1 is 1.56 bits per heavy atom. The number of hydrogen-bond acceptors (Lipinski definition) is 4. The lowest BCUT2D eigenvalue weighted by Gasteiger charge is -2.18. The van der Waals surface area contributed by atoms with Crippen molar-refractivity contribution in [2.45, 2.75) is 25.8 Å². The molecule has 0 bridgehead atoms. The molecule has 0 N–H and O–H groups in total. The number of nitrogens with zero attached hydrogens (tertiary/aromatic N) is 4. The van der Waals surface area contributed by atoms with Crippen LogP contribution in [0.1, 0.15) is 29.0 Å². The van der Waals surface area contributed by atoms with Crippen molar-refractivity contribution in [3.8, 4) is 6.07 Å². The number of rotatable bonds is 1. The Balaban J connectivity index is 2.19. The Labute approximate surface area is 93.7 Å². The average Bonchev–Trinajstić information content (AvgIpc) is 2.77. The van der Waals surface area contributed by atoms with E-state index < -0.39 is 0 Å². The van der Waals surface area contributed by atoms with Crippen LogP contribution in [0.15, 0.2) is 12.4 Å². The molecule has 16 heavy (non-hydrogen) atoms. The molecule has 1 aliphatic heterocycles. The predicted octanol–water partition coefficient (Wildman–Crippen LogP) is 0.913. The number of likely N-dealkylation sites (tertiary alicyclic amines) is 1. The predicted molar refractivity (Wildman–Crippen MR) is 56.4 cm³/mol. The van der Waals surface area contributed by atoms with Crippen molar-refractivity contribution in [1.29, 1.82) is 5.26 Å². The highest BCUT2D eigenvalue weighted by Gasteiger charge is 2.29. The molecule has 5 nitrogen and oxygen atoms in total. The third kappa shape index (κ3) is 1.87. The zero-order valence-electron chi connectivity index (χ0n) is 9.05. The summed E-state index contributed by atoms with van der Waals surface area (Å²) in [4.78, 5) is 21.6. The van der Waals surface area contributed by atoms with E-state index in [-0.39, 0.29) is 11.9 Å². The third-order valence-corrected chi connectivity index (χ3v) is 2.66. The number of carbonyl (C=O) groups is 1. The Morgan fingerprint density at radius 2 is 2.38 bits per heavy atom. The highest BCUT2D eigenvalue weighted by Crippen LogP contribution is 2.18. The fourth-order valence-corrected chi connectivity index (χ4v) is 1.79. The van der Waals surface area contributed by atoms with Crippen LogP contribution in [-0.2, 0) is 0 Å². The molecule has 0 aromatic carbocycles. The molecule has 1 amide bonds. The highest BCUT2D eigenvalue weighted by molar-refractivity contribution is 5.92. The Hall–Kier alpha value is -1.96. The van der Waals surface area contributed by atoms with Gasteiger partial charge in [0, 0.05) is 12.7 Å². The molecule has 1 saturated heterocycles.